The lowest BCUT2D eigenvalue weighted by molar-refractivity contribution is 0.0697. The quantitative estimate of drug-likeness (QED) is 0.849. The molecule has 0 amide bonds. The Hall–Kier alpha value is -1.62. The maximum absolute atomic E-state index is 11.0. The van der Waals surface area contributed by atoms with Gasteiger partial charge in [0.15, 0.2) is 0 Å². The van der Waals surface area contributed by atoms with Gasteiger partial charge in [-0.05, 0) is 51.4 Å². The van der Waals surface area contributed by atoms with Crippen LogP contribution in [-0.2, 0) is 0 Å². The molecule has 2 rings (SSSR count). The van der Waals surface area contributed by atoms with Crippen LogP contribution in [0, 0.1) is 5.92 Å². The van der Waals surface area contributed by atoms with Gasteiger partial charge in [0.2, 0.25) is 0 Å². The Bertz CT molecular complexity index is 428. The second kappa shape index (κ2) is 6.52. The monoisotopic (exact) mass is 263 g/mol. The minimum Gasteiger partial charge on any atom is -0.478 e. The molecule has 1 aliphatic rings. The van der Waals surface area contributed by atoms with Crippen LogP contribution in [0.4, 0.5) is 5.69 Å². The fraction of sp³-hybridized carbons (Fsp3) is 0.571. The van der Waals surface area contributed by atoms with Gasteiger partial charge in [-0.1, -0.05) is 0 Å². The van der Waals surface area contributed by atoms with E-state index in [1.165, 1.54) is 32.1 Å². The highest BCUT2D eigenvalue weighted by Gasteiger charge is 2.16. The van der Waals surface area contributed by atoms with Crippen molar-refractivity contribution in [2.24, 2.45) is 5.92 Å². The molecule has 0 spiro atoms. The Balaban J connectivity index is 1.81. The van der Waals surface area contributed by atoms with Crippen molar-refractivity contribution in [2.75, 3.05) is 32.0 Å². The molecule has 0 radical (unpaired) electrons. The molecule has 0 aromatic carbocycles. The highest BCUT2D eigenvalue weighted by Crippen LogP contribution is 2.20. The summed E-state index contributed by atoms with van der Waals surface area (Å²) in [4.78, 5) is 17.2. The molecule has 1 aromatic heterocycles. The van der Waals surface area contributed by atoms with E-state index in [0.29, 0.717) is 5.69 Å². The number of carboxylic acid groups (broad SMARTS) is 1. The van der Waals surface area contributed by atoms with Crippen molar-refractivity contribution in [3.05, 3.63) is 24.0 Å². The molecule has 1 aromatic rings. The van der Waals surface area contributed by atoms with Gasteiger partial charge in [0, 0.05) is 18.9 Å². The van der Waals surface area contributed by atoms with E-state index in [1.807, 2.05) is 0 Å². The summed E-state index contributed by atoms with van der Waals surface area (Å²) in [7, 11) is 2.16. The molecule has 5 heteroatoms. The van der Waals surface area contributed by atoms with Crippen LogP contribution in [0.15, 0.2) is 18.5 Å². The Morgan fingerprint density at radius 1 is 1.53 bits per heavy atom. The van der Waals surface area contributed by atoms with Crippen molar-refractivity contribution < 1.29 is 9.90 Å². The minimum absolute atomic E-state index is 0.242. The highest BCUT2D eigenvalue weighted by atomic mass is 16.4. The smallest absolute Gasteiger partial charge is 0.339 e. The summed E-state index contributed by atoms with van der Waals surface area (Å²) in [6.07, 6.45) is 6.57. The predicted molar refractivity (Wildman–Crippen MR) is 74.5 cm³/mol. The second-order valence-corrected chi connectivity index (χ2v) is 5.19. The van der Waals surface area contributed by atoms with Crippen LogP contribution in [0.25, 0.3) is 0 Å². The van der Waals surface area contributed by atoms with Crippen molar-refractivity contribution >= 4 is 11.7 Å². The molecular formula is C14H21N3O2. The number of carboxylic acids is 1. The molecule has 0 atom stereocenters. The first-order valence-electron chi connectivity index (χ1n) is 6.76. The summed E-state index contributed by atoms with van der Waals surface area (Å²) in [6.45, 7) is 3.15. The molecule has 0 bridgehead atoms. The van der Waals surface area contributed by atoms with Gasteiger partial charge in [0.1, 0.15) is 5.56 Å². The first-order valence-corrected chi connectivity index (χ1v) is 6.76. The molecule has 19 heavy (non-hydrogen) atoms. The van der Waals surface area contributed by atoms with E-state index in [9.17, 15) is 4.79 Å². The van der Waals surface area contributed by atoms with E-state index < -0.39 is 5.97 Å². The molecular weight excluding hydrogens is 242 g/mol. The number of pyridine rings is 1. The second-order valence-electron chi connectivity index (χ2n) is 5.19. The van der Waals surface area contributed by atoms with Gasteiger partial charge < -0.3 is 15.3 Å². The average molecular weight is 263 g/mol. The highest BCUT2D eigenvalue weighted by molar-refractivity contribution is 5.93. The Labute approximate surface area is 113 Å². The number of hydrogen-bond donors (Lipinski definition) is 2. The lowest BCUT2D eigenvalue weighted by Crippen LogP contribution is -2.30. The molecule has 2 heterocycles. The fourth-order valence-corrected chi connectivity index (χ4v) is 2.48. The average Bonchev–Trinajstić information content (AvgIpc) is 2.41. The van der Waals surface area contributed by atoms with Crippen LogP contribution >= 0.6 is 0 Å². The van der Waals surface area contributed by atoms with Crippen LogP contribution < -0.4 is 5.32 Å². The van der Waals surface area contributed by atoms with Crippen molar-refractivity contribution in [1.29, 1.82) is 0 Å². The van der Waals surface area contributed by atoms with E-state index in [4.69, 9.17) is 5.11 Å². The van der Waals surface area contributed by atoms with E-state index in [1.54, 1.807) is 12.3 Å². The van der Waals surface area contributed by atoms with Gasteiger partial charge in [0.25, 0.3) is 0 Å². The molecule has 0 unspecified atom stereocenters. The fourth-order valence-electron chi connectivity index (χ4n) is 2.48. The van der Waals surface area contributed by atoms with Gasteiger partial charge in [-0.3, -0.25) is 4.98 Å². The zero-order chi connectivity index (χ0) is 13.7. The van der Waals surface area contributed by atoms with Crippen molar-refractivity contribution in [2.45, 2.75) is 19.3 Å². The minimum atomic E-state index is -0.935. The number of carbonyl (C=O) groups is 1. The van der Waals surface area contributed by atoms with Crippen LogP contribution in [-0.4, -0.2) is 47.6 Å². The first-order chi connectivity index (χ1) is 9.16. The SMILES string of the molecule is CN1CCC(CCNc2ccncc2C(=O)O)CC1. The number of rotatable bonds is 5. The van der Waals surface area contributed by atoms with Gasteiger partial charge in [-0.2, -0.15) is 0 Å². The summed E-state index contributed by atoms with van der Waals surface area (Å²) in [6, 6.07) is 1.72. The van der Waals surface area contributed by atoms with Crippen LogP contribution in [0.3, 0.4) is 0 Å². The maximum Gasteiger partial charge on any atom is 0.339 e. The largest absolute Gasteiger partial charge is 0.478 e. The third-order valence-corrected chi connectivity index (χ3v) is 3.76. The molecule has 0 saturated carbocycles. The van der Waals surface area contributed by atoms with E-state index in [-0.39, 0.29) is 5.56 Å². The molecule has 1 fully saturated rings. The Morgan fingerprint density at radius 3 is 2.95 bits per heavy atom. The third-order valence-electron chi connectivity index (χ3n) is 3.76. The maximum atomic E-state index is 11.0. The van der Waals surface area contributed by atoms with Crippen molar-refractivity contribution in [1.82, 2.24) is 9.88 Å². The number of hydrogen-bond acceptors (Lipinski definition) is 4. The van der Waals surface area contributed by atoms with Crippen molar-refractivity contribution in [3.8, 4) is 0 Å². The standard InChI is InChI=1S/C14H21N3O2/c1-17-8-4-11(5-9-17)2-7-16-13-3-6-15-10-12(13)14(18)19/h3,6,10-11H,2,4-5,7-9H2,1H3,(H,15,16)(H,18,19). The molecule has 2 N–H and O–H groups in total. The number of aromatic nitrogens is 1. The summed E-state index contributed by atoms with van der Waals surface area (Å²) in [5.41, 5.74) is 0.904. The Kier molecular flexibility index (Phi) is 4.74. The number of piperidine rings is 1. The first kappa shape index (κ1) is 13.8. The van der Waals surface area contributed by atoms with Crippen molar-refractivity contribution in [3.63, 3.8) is 0 Å². The number of likely N-dealkylation sites (tertiary alicyclic amines) is 1. The summed E-state index contributed by atoms with van der Waals surface area (Å²) in [5.74, 6) is -0.186. The third kappa shape index (κ3) is 3.92. The van der Waals surface area contributed by atoms with Gasteiger partial charge in [-0.25, -0.2) is 4.79 Å². The zero-order valence-corrected chi connectivity index (χ0v) is 11.3. The Morgan fingerprint density at radius 2 is 2.26 bits per heavy atom. The lowest BCUT2D eigenvalue weighted by atomic mass is 9.94. The topological polar surface area (TPSA) is 65.5 Å². The molecule has 5 nitrogen and oxygen atoms in total. The number of nitrogens with one attached hydrogen (secondary N) is 1. The summed E-state index contributed by atoms with van der Waals surface area (Å²) < 4.78 is 0. The number of anilines is 1. The predicted octanol–water partition coefficient (Wildman–Crippen LogP) is 1.92. The molecule has 1 saturated heterocycles. The number of nitrogens with zero attached hydrogens (tertiary/aromatic N) is 2. The normalized spacial score (nSPS) is 17.3. The van der Waals surface area contributed by atoms with Crippen LogP contribution in [0.2, 0.25) is 0 Å². The van der Waals surface area contributed by atoms with Crippen LogP contribution in [0.1, 0.15) is 29.6 Å². The molecule has 104 valence electrons. The van der Waals surface area contributed by atoms with E-state index >= 15 is 0 Å². The summed E-state index contributed by atoms with van der Waals surface area (Å²) >= 11 is 0. The zero-order valence-electron chi connectivity index (χ0n) is 11.3. The van der Waals surface area contributed by atoms with Gasteiger partial charge in [-0.15, -0.1) is 0 Å². The van der Waals surface area contributed by atoms with Crippen LogP contribution in [0.5, 0.6) is 0 Å². The molecule has 1 aliphatic heterocycles. The van der Waals surface area contributed by atoms with E-state index in [2.05, 4.69) is 22.2 Å². The lowest BCUT2D eigenvalue weighted by Gasteiger charge is -2.29. The summed E-state index contributed by atoms with van der Waals surface area (Å²) in [5, 5.41) is 12.3. The number of aromatic carboxylic acids is 1. The van der Waals surface area contributed by atoms with Gasteiger partial charge >= 0.3 is 5.97 Å². The van der Waals surface area contributed by atoms with Gasteiger partial charge in [0.05, 0.1) is 5.69 Å². The van der Waals surface area contributed by atoms with E-state index in [0.717, 1.165) is 18.9 Å². The molecule has 0 aliphatic carbocycles.